The van der Waals surface area contributed by atoms with Gasteiger partial charge in [0, 0.05) is 13.5 Å². The molecule has 6 heteroatoms. The van der Waals surface area contributed by atoms with E-state index in [-0.39, 0.29) is 5.95 Å². The maximum absolute atomic E-state index is 5.55. The first kappa shape index (κ1) is 9.14. The largest absolute Gasteiger partial charge is 0.368 e. The molecule has 0 radical (unpaired) electrons. The molecule has 1 aromatic rings. The van der Waals surface area contributed by atoms with Crippen LogP contribution >= 0.6 is 0 Å². The van der Waals surface area contributed by atoms with Gasteiger partial charge >= 0.3 is 0 Å². The predicted molar refractivity (Wildman–Crippen MR) is 53.8 cm³/mol. The van der Waals surface area contributed by atoms with Crippen LogP contribution < -0.4 is 16.4 Å². The van der Waals surface area contributed by atoms with Gasteiger partial charge in [0.05, 0.1) is 0 Å². The Labute approximate surface area is 82.3 Å². The quantitative estimate of drug-likeness (QED) is 0.587. The van der Waals surface area contributed by atoms with Crippen LogP contribution in [-0.4, -0.2) is 35.1 Å². The Morgan fingerprint density at radius 3 is 2.79 bits per heavy atom. The molecule has 1 aromatic heterocycles. The molecule has 2 heterocycles. The lowest BCUT2D eigenvalue weighted by Crippen LogP contribution is -2.43. The van der Waals surface area contributed by atoms with Crippen LogP contribution in [0.5, 0.6) is 0 Å². The zero-order valence-corrected chi connectivity index (χ0v) is 8.12. The van der Waals surface area contributed by atoms with Gasteiger partial charge < -0.3 is 16.4 Å². The molecule has 1 saturated heterocycles. The first-order valence-corrected chi connectivity index (χ1v) is 4.67. The summed E-state index contributed by atoms with van der Waals surface area (Å²) >= 11 is 0. The number of nitrogens with one attached hydrogen (secondary N) is 2. The number of anilines is 2. The Balaban J connectivity index is 2.11. The monoisotopic (exact) mass is 194 g/mol. The minimum absolute atomic E-state index is 0.284. The Morgan fingerprint density at radius 1 is 1.43 bits per heavy atom. The highest BCUT2D eigenvalue weighted by Crippen LogP contribution is 2.11. The van der Waals surface area contributed by atoms with Crippen molar-refractivity contribution in [1.29, 1.82) is 0 Å². The topological polar surface area (TPSA) is 88.8 Å². The highest BCUT2D eigenvalue weighted by Gasteiger charge is 2.18. The van der Waals surface area contributed by atoms with Crippen molar-refractivity contribution in [2.24, 2.45) is 5.92 Å². The molecular formula is C8H14N6. The van der Waals surface area contributed by atoms with Crippen LogP contribution in [0.4, 0.5) is 11.9 Å². The van der Waals surface area contributed by atoms with Gasteiger partial charge in [0.2, 0.25) is 11.9 Å². The Kier molecular flexibility index (Phi) is 2.45. The van der Waals surface area contributed by atoms with Crippen LogP contribution in [0.25, 0.3) is 0 Å². The third-order valence-corrected chi connectivity index (χ3v) is 2.26. The van der Waals surface area contributed by atoms with E-state index in [0.717, 1.165) is 25.3 Å². The van der Waals surface area contributed by atoms with E-state index in [1.165, 1.54) is 0 Å². The van der Waals surface area contributed by atoms with E-state index in [9.17, 15) is 0 Å². The number of nitrogens with two attached hydrogens (primary N) is 1. The van der Waals surface area contributed by atoms with E-state index < -0.39 is 0 Å². The van der Waals surface area contributed by atoms with Crippen molar-refractivity contribution in [2.75, 3.05) is 31.2 Å². The fraction of sp³-hybridized carbons (Fsp3) is 0.625. The normalized spacial score (nSPS) is 16.4. The zero-order valence-electron chi connectivity index (χ0n) is 8.12. The van der Waals surface area contributed by atoms with Gasteiger partial charge in [-0.1, -0.05) is 0 Å². The molecule has 0 bridgehead atoms. The third-order valence-electron chi connectivity index (χ3n) is 2.26. The summed E-state index contributed by atoms with van der Waals surface area (Å²) in [6.45, 7) is 2.08. The highest BCUT2D eigenvalue weighted by atomic mass is 15.2. The number of nitrogens with zero attached hydrogens (tertiary/aromatic N) is 3. The molecule has 0 spiro atoms. The van der Waals surface area contributed by atoms with Crippen molar-refractivity contribution < 1.29 is 0 Å². The van der Waals surface area contributed by atoms with Gasteiger partial charge in [0.25, 0.3) is 0 Å². The van der Waals surface area contributed by atoms with Crippen molar-refractivity contribution in [2.45, 2.75) is 6.42 Å². The molecule has 2 rings (SSSR count). The maximum atomic E-state index is 5.55. The van der Waals surface area contributed by atoms with E-state index in [1.54, 1.807) is 7.05 Å². The van der Waals surface area contributed by atoms with Crippen LogP contribution in [0, 0.1) is 5.92 Å². The lowest BCUT2D eigenvalue weighted by Gasteiger charge is -2.26. The first-order chi connectivity index (χ1) is 6.78. The lowest BCUT2D eigenvalue weighted by molar-refractivity contribution is 0.341. The predicted octanol–water partition coefficient (Wildman–Crippen LogP) is -0.743. The van der Waals surface area contributed by atoms with Gasteiger partial charge in [-0.25, -0.2) is 0 Å². The van der Waals surface area contributed by atoms with Gasteiger partial charge in [-0.15, -0.1) is 0 Å². The van der Waals surface area contributed by atoms with Crippen LogP contribution in [0.2, 0.25) is 0 Å². The fourth-order valence-corrected chi connectivity index (χ4v) is 1.39. The van der Waals surface area contributed by atoms with Crippen molar-refractivity contribution in [3.63, 3.8) is 0 Å². The summed E-state index contributed by atoms with van der Waals surface area (Å²) < 4.78 is 0. The van der Waals surface area contributed by atoms with Gasteiger partial charge in [0.15, 0.2) is 0 Å². The SMILES string of the molecule is CNc1nc(N)nc(CC2CNC2)n1. The number of hydrogen-bond donors (Lipinski definition) is 3. The van der Waals surface area contributed by atoms with Crippen molar-refractivity contribution >= 4 is 11.9 Å². The van der Waals surface area contributed by atoms with Crippen molar-refractivity contribution in [3.05, 3.63) is 5.82 Å². The smallest absolute Gasteiger partial charge is 0.227 e. The molecule has 6 nitrogen and oxygen atoms in total. The summed E-state index contributed by atoms with van der Waals surface area (Å²) in [5.74, 6) is 2.24. The summed E-state index contributed by atoms with van der Waals surface area (Å²) in [6.07, 6.45) is 0.869. The Hall–Kier alpha value is -1.43. The van der Waals surface area contributed by atoms with Crippen LogP contribution in [0.1, 0.15) is 5.82 Å². The average Bonchev–Trinajstić information content (AvgIpc) is 2.10. The number of hydrogen-bond acceptors (Lipinski definition) is 6. The molecule has 1 fully saturated rings. The summed E-state index contributed by atoms with van der Waals surface area (Å²) in [5, 5.41) is 6.07. The van der Waals surface area contributed by atoms with E-state index >= 15 is 0 Å². The van der Waals surface area contributed by atoms with Gasteiger partial charge in [0.1, 0.15) is 5.82 Å². The second-order valence-electron chi connectivity index (χ2n) is 3.41. The molecule has 1 aliphatic rings. The molecule has 0 amide bonds. The first-order valence-electron chi connectivity index (χ1n) is 4.67. The molecule has 0 aromatic carbocycles. The molecule has 0 aliphatic carbocycles. The highest BCUT2D eigenvalue weighted by molar-refractivity contribution is 5.30. The van der Waals surface area contributed by atoms with Crippen LogP contribution in [0.15, 0.2) is 0 Å². The second kappa shape index (κ2) is 3.75. The zero-order chi connectivity index (χ0) is 9.97. The molecular weight excluding hydrogens is 180 g/mol. The summed E-state index contributed by atoms with van der Waals surface area (Å²) in [6, 6.07) is 0. The molecule has 0 atom stereocenters. The van der Waals surface area contributed by atoms with Gasteiger partial charge in [-0.2, -0.15) is 15.0 Å². The van der Waals surface area contributed by atoms with Gasteiger partial charge in [-0.3, -0.25) is 0 Å². The fourth-order valence-electron chi connectivity index (χ4n) is 1.39. The average molecular weight is 194 g/mol. The van der Waals surface area contributed by atoms with Gasteiger partial charge in [-0.05, 0) is 19.0 Å². The molecule has 1 aliphatic heterocycles. The van der Waals surface area contributed by atoms with Crippen molar-refractivity contribution in [1.82, 2.24) is 20.3 Å². The summed E-state index contributed by atoms with van der Waals surface area (Å²) in [7, 11) is 1.77. The van der Waals surface area contributed by atoms with E-state index in [4.69, 9.17) is 5.73 Å². The molecule has 0 unspecified atom stereocenters. The second-order valence-corrected chi connectivity index (χ2v) is 3.41. The number of rotatable bonds is 3. The van der Waals surface area contributed by atoms with E-state index in [2.05, 4.69) is 25.6 Å². The van der Waals surface area contributed by atoms with E-state index in [1.807, 2.05) is 0 Å². The molecule has 76 valence electrons. The van der Waals surface area contributed by atoms with Crippen LogP contribution in [0.3, 0.4) is 0 Å². The summed E-state index contributed by atoms with van der Waals surface area (Å²) in [4.78, 5) is 12.3. The maximum Gasteiger partial charge on any atom is 0.227 e. The van der Waals surface area contributed by atoms with Crippen LogP contribution in [-0.2, 0) is 6.42 Å². The Morgan fingerprint density at radius 2 is 2.21 bits per heavy atom. The standard InChI is InChI=1S/C8H14N6/c1-10-8-13-6(12-7(9)14-8)2-5-3-11-4-5/h5,11H,2-4H2,1H3,(H3,9,10,12,13,14). The van der Waals surface area contributed by atoms with Crippen molar-refractivity contribution in [3.8, 4) is 0 Å². The summed E-state index contributed by atoms with van der Waals surface area (Å²) in [5.41, 5.74) is 5.55. The minimum atomic E-state index is 0.284. The molecule has 4 N–H and O–H groups in total. The molecule has 14 heavy (non-hydrogen) atoms. The number of nitrogen functional groups attached to an aromatic ring is 1. The Bertz CT molecular complexity index is 322. The third kappa shape index (κ3) is 1.90. The lowest BCUT2D eigenvalue weighted by atomic mass is 9.99. The molecule has 0 saturated carbocycles. The van der Waals surface area contributed by atoms with E-state index in [0.29, 0.717) is 11.9 Å². The number of aromatic nitrogens is 3. The minimum Gasteiger partial charge on any atom is -0.368 e.